The smallest absolute Gasteiger partial charge is 0.191 e. The Morgan fingerprint density at radius 1 is 1.21 bits per heavy atom. The number of hydrogen-bond acceptors (Lipinski definition) is 3. The van der Waals surface area contributed by atoms with Crippen LogP contribution in [0.5, 0.6) is 5.75 Å². The van der Waals surface area contributed by atoms with Crippen molar-refractivity contribution in [2.75, 3.05) is 38.8 Å². The van der Waals surface area contributed by atoms with E-state index in [9.17, 15) is 0 Å². The number of ether oxygens (including phenoxy) is 1. The second-order valence-corrected chi connectivity index (χ2v) is 4.57. The number of nitrogens with zero attached hydrogens (tertiary/aromatic N) is 1. The highest BCUT2D eigenvalue weighted by Gasteiger charge is 1.96. The van der Waals surface area contributed by atoms with Crippen molar-refractivity contribution in [1.82, 2.24) is 10.6 Å². The SMILES string of the molecule is CN=C(NCCOc1ccccc1)NCCSC.I. The zero-order valence-electron chi connectivity index (χ0n) is 11.4. The van der Waals surface area contributed by atoms with E-state index in [1.807, 2.05) is 42.1 Å². The first-order valence-corrected chi connectivity index (χ1v) is 7.37. The normalized spacial score (nSPS) is 10.5. The van der Waals surface area contributed by atoms with Gasteiger partial charge in [-0.15, -0.1) is 24.0 Å². The molecular weight excluding hydrogens is 373 g/mol. The van der Waals surface area contributed by atoms with Gasteiger partial charge in [-0.3, -0.25) is 4.99 Å². The topological polar surface area (TPSA) is 45.7 Å². The first kappa shape index (κ1) is 18.4. The number of rotatable bonds is 7. The van der Waals surface area contributed by atoms with Crippen LogP contribution < -0.4 is 15.4 Å². The summed E-state index contributed by atoms with van der Waals surface area (Å²) in [5.41, 5.74) is 0. The van der Waals surface area contributed by atoms with Crippen molar-refractivity contribution >= 4 is 41.7 Å². The summed E-state index contributed by atoms with van der Waals surface area (Å²) < 4.78 is 5.58. The molecule has 0 heterocycles. The zero-order valence-corrected chi connectivity index (χ0v) is 14.5. The molecule has 6 heteroatoms. The molecule has 0 aliphatic heterocycles. The van der Waals surface area contributed by atoms with Gasteiger partial charge in [-0.2, -0.15) is 11.8 Å². The fourth-order valence-corrected chi connectivity index (χ4v) is 1.65. The molecule has 0 aliphatic rings. The Balaban J connectivity index is 0.00000324. The van der Waals surface area contributed by atoms with Crippen LogP contribution in [0.1, 0.15) is 0 Å². The molecule has 4 nitrogen and oxygen atoms in total. The van der Waals surface area contributed by atoms with E-state index < -0.39 is 0 Å². The number of para-hydroxylation sites is 1. The predicted molar refractivity (Wildman–Crippen MR) is 95.1 cm³/mol. The molecule has 0 spiro atoms. The molecule has 1 rings (SSSR count). The predicted octanol–water partition coefficient (Wildman–Crippen LogP) is 2.21. The molecule has 2 N–H and O–H groups in total. The minimum absolute atomic E-state index is 0. The highest BCUT2D eigenvalue weighted by atomic mass is 127. The van der Waals surface area contributed by atoms with Crippen LogP contribution in [-0.4, -0.2) is 44.7 Å². The number of benzene rings is 1. The van der Waals surface area contributed by atoms with Gasteiger partial charge in [0.2, 0.25) is 0 Å². The Labute approximate surface area is 136 Å². The van der Waals surface area contributed by atoms with Gasteiger partial charge in [-0.25, -0.2) is 0 Å². The fraction of sp³-hybridized carbons (Fsp3) is 0.462. The summed E-state index contributed by atoms with van der Waals surface area (Å²) >= 11 is 1.81. The molecule has 108 valence electrons. The van der Waals surface area contributed by atoms with Gasteiger partial charge in [0.1, 0.15) is 12.4 Å². The second kappa shape index (κ2) is 12.4. The molecule has 1 aromatic carbocycles. The maximum absolute atomic E-state index is 5.58. The number of nitrogens with one attached hydrogen (secondary N) is 2. The van der Waals surface area contributed by atoms with Crippen LogP contribution in [0.3, 0.4) is 0 Å². The summed E-state index contributed by atoms with van der Waals surface area (Å²) in [6.45, 7) is 2.27. The Morgan fingerprint density at radius 3 is 2.53 bits per heavy atom. The molecule has 0 radical (unpaired) electrons. The molecule has 0 bridgehead atoms. The van der Waals surface area contributed by atoms with Crippen LogP contribution in [0.25, 0.3) is 0 Å². The molecule has 0 saturated heterocycles. The maximum atomic E-state index is 5.58. The number of aliphatic imine (C=N–C) groups is 1. The third-order valence-electron chi connectivity index (χ3n) is 2.23. The Kier molecular flexibility index (Phi) is 12.0. The van der Waals surface area contributed by atoms with Gasteiger partial charge in [0.15, 0.2) is 5.96 Å². The van der Waals surface area contributed by atoms with E-state index >= 15 is 0 Å². The fourth-order valence-electron chi connectivity index (χ4n) is 1.35. The van der Waals surface area contributed by atoms with Crippen LogP contribution in [0.15, 0.2) is 35.3 Å². The molecule has 0 fully saturated rings. The van der Waals surface area contributed by atoms with Crippen molar-refractivity contribution in [3.05, 3.63) is 30.3 Å². The molecule has 0 saturated carbocycles. The van der Waals surface area contributed by atoms with E-state index in [-0.39, 0.29) is 24.0 Å². The van der Waals surface area contributed by atoms with E-state index in [1.165, 1.54) is 0 Å². The van der Waals surface area contributed by atoms with Crippen LogP contribution in [0.2, 0.25) is 0 Å². The molecule has 0 amide bonds. The standard InChI is InChI=1S/C13H21N3OS.HI/c1-14-13(16-9-11-18-2)15-8-10-17-12-6-4-3-5-7-12;/h3-7H,8-11H2,1-2H3,(H2,14,15,16);1H. The lowest BCUT2D eigenvalue weighted by Gasteiger charge is -2.12. The minimum Gasteiger partial charge on any atom is -0.492 e. The third-order valence-corrected chi connectivity index (χ3v) is 2.84. The van der Waals surface area contributed by atoms with Crippen molar-refractivity contribution in [3.8, 4) is 5.75 Å². The van der Waals surface area contributed by atoms with Gasteiger partial charge in [0.25, 0.3) is 0 Å². The van der Waals surface area contributed by atoms with E-state index in [1.54, 1.807) is 7.05 Å². The summed E-state index contributed by atoms with van der Waals surface area (Å²) in [6, 6.07) is 9.80. The monoisotopic (exact) mass is 395 g/mol. The summed E-state index contributed by atoms with van der Waals surface area (Å²) in [4.78, 5) is 4.13. The molecular formula is C13H22IN3OS. The average molecular weight is 395 g/mol. The number of halogens is 1. The molecule has 0 aliphatic carbocycles. The van der Waals surface area contributed by atoms with Crippen LogP contribution in [-0.2, 0) is 0 Å². The minimum atomic E-state index is 0. The van der Waals surface area contributed by atoms with Gasteiger partial charge < -0.3 is 15.4 Å². The van der Waals surface area contributed by atoms with E-state index in [4.69, 9.17) is 4.74 Å². The van der Waals surface area contributed by atoms with Gasteiger partial charge >= 0.3 is 0 Å². The van der Waals surface area contributed by atoms with Crippen LogP contribution >= 0.6 is 35.7 Å². The van der Waals surface area contributed by atoms with E-state index in [0.29, 0.717) is 6.61 Å². The van der Waals surface area contributed by atoms with Gasteiger partial charge in [0, 0.05) is 19.3 Å². The molecule has 0 unspecified atom stereocenters. The van der Waals surface area contributed by atoms with Crippen molar-refractivity contribution in [2.24, 2.45) is 4.99 Å². The first-order chi connectivity index (χ1) is 8.86. The number of thioether (sulfide) groups is 1. The number of guanidine groups is 1. The summed E-state index contributed by atoms with van der Waals surface area (Å²) in [7, 11) is 1.77. The quantitative estimate of drug-likeness (QED) is 0.322. The Bertz CT molecular complexity index is 349. The van der Waals surface area contributed by atoms with Crippen molar-refractivity contribution in [1.29, 1.82) is 0 Å². The van der Waals surface area contributed by atoms with Crippen molar-refractivity contribution < 1.29 is 4.74 Å². The van der Waals surface area contributed by atoms with E-state index in [0.717, 1.165) is 30.6 Å². The molecule has 1 aromatic rings. The van der Waals surface area contributed by atoms with Crippen molar-refractivity contribution in [2.45, 2.75) is 0 Å². The van der Waals surface area contributed by atoms with Gasteiger partial charge in [-0.1, -0.05) is 18.2 Å². The zero-order chi connectivity index (χ0) is 13.1. The summed E-state index contributed by atoms with van der Waals surface area (Å²) in [5.74, 6) is 2.78. The largest absolute Gasteiger partial charge is 0.492 e. The summed E-state index contributed by atoms with van der Waals surface area (Å²) in [5, 5.41) is 6.43. The molecule has 0 atom stereocenters. The summed E-state index contributed by atoms with van der Waals surface area (Å²) in [6.07, 6.45) is 2.09. The lowest BCUT2D eigenvalue weighted by Crippen LogP contribution is -2.40. The molecule has 19 heavy (non-hydrogen) atoms. The third kappa shape index (κ3) is 8.99. The Hall–Kier alpha value is -0.630. The van der Waals surface area contributed by atoms with E-state index in [2.05, 4.69) is 21.9 Å². The Morgan fingerprint density at radius 2 is 1.89 bits per heavy atom. The van der Waals surface area contributed by atoms with Crippen LogP contribution in [0.4, 0.5) is 0 Å². The highest BCUT2D eigenvalue weighted by Crippen LogP contribution is 2.07. The van der Waals surface area contributed by atoms with Crippen LogP contribution in [0, 0.1) is 0 Å². The lowest BCUT2D eigenvalue weighted by molar-refractivity contribution is 0.322. The first-order valence-electron chi connectivity index (χ1n) is 5.98. The highest BCUT2D eigenvalue weighted by molar-refractivity contribution is 14.0. The second-order valence-electron chi connectivity index (χ2n) is 3.58. The van der Waals surface area contributed by atoms with Gasteiger partial charge in [0.05, 0.1) is 6.54 Å². The lowest BCUT2D eigenvalue weighted by atomic mass is 10.3. The van der Waals surface area contributed by atoms with Gasteiger partial charge in [-0.05, 0) is 18.4 Å². The average Bonchev–Trinajstić information content (AvgIpc) is 2.43. The maximum Gasteiger partial charge on any atom is 0.191 e. The van der Waals surface area contributed by atoms with Crippen molar-refractivity contribution in [3.63, 3.8) is 0 Å². The number of hydrogen-bond donors (Lipinski definition) is 2. The molecule has 0 aromatic heterocycles.